The molecule has 3 heterocycles. The van der Waals surface area contributed by atoms with E-state index in [9.17, 15) is 4.79 Å². The number of methoxy groups -OCH3 is 1. The van der Waals surface area contributed by atoms with Crippen LogP contribution in [0.5, 0.6) is 5.75 Å². The van der Waals surface area contributed by atoms with E-state index in [0.29, 0.717) is 11.1 Å². The lowest BCUT2D eigenvalue weighted by Gasteiger charge is -2.31. The molecule has 5 aromatic rings. The van der Waals surface area contributed by atoms with Gasteiger partial charge in [-0.3, -0.25) is 9.36 Å². The van der Waals surface area contributed by atoms with Gasteiger partial charge in [-0.2, -0.15) is 0 Å². The Morgan fingerprint density at radius 1 is 1.05 bits per heavy atom. The van der Waals surface area contributed by atoms with Gasteiger partial charge in [0.05, 0.1) is 23.4 Å². The summed E-state index contributed by atoms with van der Waals surface area (Å²) in [6.45, 7) is 6.77. The van der Waals surface area contributed by atoms with Crippen LogP contribution in [0.2, 0.25) is 0 Å². The Kier molecular flexibility index (Phi) is 5.93. The van der Waals surface area contributed by atoms with Gasteiger partial charge in [-0.05, 0) is 49.1 Å². The highest BCUT2D eigenvalue weighted by Crippen LogP contribution is 2.43. The van der Waals surface area contributed by atoms with E-state index in [0.717, 1.165) is 62.4 Å². The van der Waals surface area contributed by atoms with Crippen molar-refractivity contribution in [2.45, 2.75) is 32.4 Å². The zero-order valence-corrected chi connectivity index (χ0v) is 23.4. The molecule has 40 heavy (non-hydrogen) atoms. The van der Waals surface area contributed by atoms with Gasteiger partial charge in [0, 0.05) is 39.8 Å². The van der Waals surface area contributed by atoms with Gasteiger partial charge in [0.1, 0.15) is 5.75 Å². The molecule has 0 radical (unpaired) electrons. The first-order valence-electron chi connectivity index (χ1n) is 13.6. The molecule has 5 nitrogen and oxygen atoms in total. The van der Waals surface area contributed by atoms with Crippen LogP contribution in [-0.2, 0) is 13.0 Å². The predicted molar refractivity (Wildman–Crippen MR) is 163 cm³/mol. The van der Waals surface area contributed by atoms with Gasteiger partial charge in [-0.1, -0.05) is 78.1 Å². The molecule has 0 bridgehead atoms. The molecule has 0 N–H and O–H groups in total. The highest BCUT2D eigenvalue weighted by Gasteiger charge is 2.34. The second kappa shape index (κ2) is 9.65. The Bertz CT molecular complexity index is 2040. The summed E-state index contributed by atoms with van der Waals surface area (Å²) in [4.78, 5) is 20.2. The van der Waals surface area contributed by atoms with Crippen molar-refractivity contribution < 1.29 is 4.74 Å². The summed E-state index contributed by atoms with van der Waals surface area (Å²) in [6, 6.07) is 24.6. The summed E-state index contributed by atoms with van der Waals surface area (Å²) in [5, 5.41) is 1.13. The maximum atomic E-state index is 14.3. The SMILES string of the molecule is C=CCn1c(C)c(/C=c2\sc3n(c2=O)C(c2ccccc2OC)C2=C(N=3)c3ccccc3CC2)c2ccccc21. The molecule has 0 saturated heterocycles. The molecule has 2 aliphatic rings. The Balaban J connectivity index is 1.52. The van der Waals surface area contributed by atoms with Crippen molar-refractivity contribution in [1.29, 1.82) is 0 Å². The normalized spacial score (nSPS) is 16.4. The summed E-state index contributed by atoms with van der Waals surface area (Å²) < 4.78 is 10.6. The average Bonchev–Trinajstić information content (AvgIpc) is 3.44. The molecule has 1 unspecified atom stereocenters. The number of fused-ring (bicyclic) bond motifs is 4. The third kappa shape index (κ3) is 3.67. The Morgan fingerprint density at radius 2 is 1.82 bits per heavy atom. The summed E-state index contributed by atoms with van der Waals surface area (Å²) in [6.07, 6.45) is 5.73. The molecule has 2 aromatic heterocycles. The number of para-hydroxylation sites is 2. The van der Waals surface area contributed by atoms with Crippen LogP contribution >= 0.6 is 11.3 Å². The molecular formula is C34H29N3O2S. The molecule has 6 heteroatoms. The van der Waals surface area contributed by atoms with E-state index in [1.54, 1.807) is 7.11 Å². The first-order chi connectivity index (χ1) is 19.6. The highest BCUT2D eigenvalue weighted by atomic mass is 32.1. The minimum atomic E-state index is -0.277. The molecule has 0 fully saturated rings. The number of aromatic nitrogens is 2. The number of rotatable bonds is 5. The average molecular weight is 544 g/mol. The summed E-state index contributed by atoms with van der Waals surface area (Å²) in [5.74, 6) is 0.776. The minimum Gasteiger partial charge on any atom is -0.496 e. The third-order valence-electron chi connectivity index (χ3n) is 8.17. The smallest absolute Gasteiger partial charge is 0.271 e. The number of ether oxygens (including phenoxy) is 1. The second-order valence-electron chi connectivity index (χ2n) is 10.3. The monoisotopic (exact) mass is 543 g/mol. The van der Waals surface area contributed by atoms with Gasteiger partial charge >= 0.3 is 0 Å². The van der Waals surface area contributed by atoms with E-state index in [2.05, 4.69) is 72.7 Å². The lowest BCUT2D eigenvalue weighted by molar-refractivity contribution is 0.402. The van der Waals surface area contributed by atoms with E-state index >= 15 is 0 Å². The maximum Gasteiger partial charge on any atom is 0.271 e. The van der Waals surface area contributed by atoms with Crippen LogP contribution in [0.1, 0.15) is 40.4 Å². The van der Waals surface area contributed by atoms with Gasteiger partial charge in [0.25, 0.3) is 5.56 Å². The quantitative estimate of drug-likeness (QED) is 0.264. The number of hydrogen-bond donors (Lipinski definition) is 0. The zero-order chi connectivity index (χ0) is 27.4. The van der Waals surface area contributed by atoms with Crippen LogP contribution in [0.3, 0.4) is 0 Å². The van der Waals surface area contributed by atoms with E-state index < -0.39 is 0 Å². The maximum absolute atomic E-state index is 14.3. The van der Waals surface area contributed by atoms with Gasteiger partial charge < -0.3 is 9.30 Å². The van der Waals surface area contributed by atoms with Crippen molar-refractivity contribution in [3.05, 3.63) is 139 Å². The van der Waals surface area contributed by atoms with Crippen LogP contribution in [0, 0.1) is 6.92 Å². The van der Waals surface area contributed by atoms with Crippen LogP contribution in [0.15, 0.2) is 101 Å². The fourth-order valence-corrected chi connectivity index (χ4v) is 7.31. The van der Waals surface area contributed by atoms with Crippen molar-refractivity contribution in [3.63, 3.8) is 0 Å². The lowest BCUT2D eigenvalue weighted by atomic mass is 9.83. The molecule has 0 amide bonds. The Labute approximate surface area is 236 Å². The van der Waals surface area contributed by atoms with Gasteiger partial charge in [0.2, 0.25) is 0 Å². The van der Waals surface area contributed by atoms with Crippen LogP contribution in [0.4, 0.5) is 0 Å². The molecule has 1 aliphatic heterocycles. The van der Waals surface area contributed by atoms with E-state index in [1.165, 1.54) is 22.5 Å². The minimum absolute atomic E-state index is 0.0231. The Morgan fingerprint density at radius 3 is 2.67 bits per heavy atom. The fraction of sp³-hybridized carbons (Fsp3) is 0.176. The third-order valence-corrected chi connectivity index (χ3v) is 9.16. The van der Waals surface area contributed by atoms with Gasteiger partial charge in [0.15, 0.2) is 4.80 Å². The van der Waals surface area contributed by atoms with E-state index in [-0.39, 0.29) is 11.6 Å². The number of benzene rings is 3. The number of allylic oxidation sites excluding steroid dienone is 2. The second-order valence-corrected chi connectivity index (χ2v) is 11.3. The van der Waals surface area contributed by atoms with Crippen LogP contribution in [-0.4, -0.2) is 16.2 Å². The zero-order valence-electron chi connectivity index (χ0n) is 22.6. The topological polar surface area (TPSA) is 48.5 Å². The molecule has 198 valence electrons. The van der Waals surface area contributed by atoms with Crippen molar-refractivity contribution in [1.82, 2.24) is 9.13 Å². The van der Waals surface area contributed by atoms with Crippen LogP contribution in [0.25, 0.3) is 22.7 Å². The number of nitrogens with zero attached hydrogens (tertiary/aromatic N) is 3. The molecular weight excluding hydrogens is 514 g/mol. The first-order valence-corrected chi connectivity index (χ1v) is 14.4. The largest absolute Gasteiger partial charge is 0.496 e. The lowest BCUT2D eigenvalue weighted by Crippen LogP contribution is -2.39. The molecule has 0 saturated carbocycles. The van der Waals surface area contributed by atoms with Crippen molar-refractivity contribution in [3.8, 4) is 5.75 Å². The van der Waals surface area contributed by atoms with Crippen LogP contribution < -0.4 is 19.6 Å². The van der Waals surface area contributed by atoms with Crippen molar-refractivity contribution in [2.75, 3.05) is 7.11 Å². The molecule has 0 spiro atoms. The number of hydrogen-bond acceptors (Lipinski definition) is 4. The molecule has 1 aliphatic carbocycles. The molecule has 7 rings (SSSR count). The van der Waals surface area contributed by atoms with E-state index in [4.69, 9.17) is 9.73 Å². The Hall–Kier alpha value is -4.42. The summed E-state index contributed by atoms with van der Waals surface area (Å²) in [7, 11) is 1.69. The number of thiazole rings is 1. The number of aryl methyl sites for hydroxylation is 1. The van der Waals surface area contributed by atoms with E-state index in [1.807, 2.05) is 34.9 Å². The fourth-order valence-electron chi connectivity index (χ4n) is 6.33. The van der Waals surface area contributed by atoms with Crippen molar-refractivity contribution in [2.24, 2.45) is 4.99 Å². The van der Waals surface area contributed by atoms with Crippen molar-refractivity contribution >= 4 is 34.0 Å². The molecule has 1 atom stereocenters. The highest BCUT2D eigenvalue weighted by molar-refractivity contribution is 7.07. The summed E-state index contributed by atoms with van der Waals surface area (Å²) in [5.41, 5.74) is 8.89. The standard InChI is InChI=1S/C34H29N3O2S/c1-4-19-36-21(2)27(24-13-7-9-15-28(24)36)20-30-33(38)37-32(25-14-8-10-16-29(25)39-3)26-18-17-22-11-5-6-12-23(22)31(26)35-34(37)40-30/h4-16,20,32H,1,17-19H2,2-3H3/b30-20-. The van der Waals surface area contributed by atoms with Gasteiger partial charge in [-0.15, -0.1) is 6.58 Å². The molecule has 3 aromatic carbocycles. The van der Waals surface area contributed by atoms with Gasteiger partial charge in [-0.25, -0.2) is 4.99 Å². The first kappa shape index (κ1) is 24.6. The summed E-state index contributed by atoms with van der Waals surface area (Å²) >= 11 is 1.46. The predicted octanol–water partition coefficient (Wildman–Crippen LogP) is 5.78.